The van der Waals surface area contributed by atoms with Crippen LogP contribution in [-0.2, 0) is 14.8 Å². The van der Waals surface area contributed by atoms with Crippen LogP contribution in [0.5, 0.6) is 0 Å². The Labute approximate surface area is 177 Å². The van der Waals surface area contributed by atoms with Crippen molar-refractivity contribution in [2.75, 3.05) is 17.8 Å². The lowest BCUT2D eigenvalue weighted by Gasteiger charge is -2.27. The number of thiophene rings is 1. The standard InChI is InChI=1S/C20H20N4O4S2/c1-2-7-21-18(25)11-15-12-22-20(26)17-10-13-9-14(5-6-16(13)24(15)17)23-30(27,28)19-4-3-8-29-19/h2-6,8-10,15,23H,1,7,11-12H2,(H,21,25)(H,22,26). The minimum absolute atomic E-state index is 0.135. The first-order valence-corrected chi connectivity index (χ1v) is 11.6. The highest BCUT2D eigenvalue weighted by molar-refractivity contribution is 7.94. The van der Waals surface area contributed by atoms with Gasteiger partial charge in [0, 0.05) is 36.1 Å². The number of nitrogens with zero attached hydrogens (tertiary/aromatic N) is 1. The largest absolute Gasteiger partial charge is 0.353 e. The molecular formula is C20H20N4O4S2. The van der Waals surface area contributed by atoms with Gasteiger partial charge in [-0.3, -0.25) is 14.3 Å². The van der Waals surface area contributed by atoms with Crippen LogP contribution < -0.4 is 15.4 Å². The van der Waals surface area contributed by atoms with Crippen LogP contribution in [0, 0.1) is 0 Å². The zero-order valence-electron chi connectivity index (χ0n) is 15.9. The van der Waals surface area contributed by atoms with Crippen molar-refractivity contribution in [2.45, 2.75) is 16.7 Å². The summed E-state index contributed by atoms with van der Waals surface area (Å²) in [5.74, 6) is -0.362. The molecule has 0 saturated carbocycles. The molecule has 3 N–H and O–H groups in total. The molecule has 2 amide bonds. The molecule has 4 rings (SSSR count). The van der Waals surface area contributed by atoms with Crippen molar-refractivity contribution in [3.63, 3.8) is 0 Å². The molecule has 0 spiro atoms. The van der Waals surface area contributed by atoms with Crippen LogP contribution in [0.4, 0.5) is 5.69 Å². The summed E-state index contributed by atoms with van der Waals surface area (Å²) in [5.41, 5.74) is 1.61. The number of amides is 2. The number of fused-ring (bicyclic) bond motifs is 3. The van der Waals surface area contributed by atoms with E-state index < -0.39 is 10.0 Å². The van der Waals surface area contributed by atoms with Gasteiger partial charge in [-0.25, -0.2) is 8.42 Å². The van der Waals surface area contributed by atoms with Gasteiger partial charge in [-0.15, -0.1) is 17.9 Å². The highest BCUT2D eigenvalue weighted by Gasteiger charge is 2.28. The van der Waals surface area contributed by atoms with Gasteiger partial charge < -0.3 is 15.2 Å². The molecule has 1 aromatic carbocycles. The Morgan fingerprint density at radius 1 is 1.33 bits per heavy atom. The third-order valence-electron chi connectivity index (χ3n) is 4.81. The third kappa shape index (κ3) is 3.83. The Morgan fingerprint density at radius 3 is 2.90 bits per heavy atom. The maximum Gasteiger partial charge on any atom is 0.271 e. The van der Waals surface area contributed by atoms with Gasteiger partial charge in [0.2, 0.25) is 5.91 Å². The summed E-state index contributed by atoms with van der Waals surface area (Å²) in [6, 6.07) is 9.78. The number of aromatic nitrogens is 1. The van der Waals surface area contributed by atoms with E-state index in [1.54, 1.807) is 41.8 Å². The van der Waals surface area contributed by atoms with Gasteiger partial charge in [-0.2, -0.15) is 0 Å². The molecular weight excluding hydrogens is 424 g/mol. The number of hydrogen-bond acceptors (Lipinski definition) is 5. The van der Waals surface area contributed by atoms with E-state index in [9.17, 15) is 18.0 Å². The first-order chi connectivity index (χ1) is 14.4. The van der Waals surface area contributed by atoms with Gasteiger partial charge in [0.1, 0.15) is 9.90 Å². The first-order valence-electron chi connectivity index (χ1n) is 9.26. The van der Waals surface area contributed by atoms with Gasteiger partial charge in [-0.1, -0.05) is 12.1 Å². The minimum atomic E-state index is -3.67. The summed E-state index contributed by atoms with van der Waals surface area (Å²) in [5, 5.41) is 7.97. The number of carbonyl (C=O) groups is 2. The summed E-state index contributed by atoms with van der Waals surface area (Å²) in [7, 11) is -3.67. The Morgan fingerprint density at radius 2 is 2.17 bits per heavy atom. The molecule has 0 bridgehead atoms. The lowest BCUT2D eigenvalue weighted by Crippen LogP contribution is -2.40. The predicted octanol–water partition coefficient (Wildman–Crippen LogP) is 2.48. The van der Waals surface area contributed by atoms with Gasteiger partial charge in [0.05, 0.1) is 6.04 Å². The zero-order chi connectivity index (χ0) is 21.3. The average molecular weight is 445 g/mol. The molecule has 10 heteroatoms. The van der Waals surface area contributed by atoms with Crippen molar-refractivity contribution in [1.82, 2.24) is 15.2 Å². The maximum atomic E-state index is 12.5. The SMILES string of the molecule is C=CCNC(=O)CC1CNC(=O)c2cc3cc(NS(=O)(=O)c4cccs4)ccc3n21. The summed E-state index contributed by atoms with van der Waals surface area (Å²) in [4.78, 5) is 24.6. The smallest absolute Gasteiger partial charge is 0.271 e. The summed E-state index contributed by atoms with van der Waals surface area (Å²) >= 11 is 1.14. The molecule has 2 aromatic heterocycles. The number of nitrogens with one attached hydrogen (secondary N) is 3. The molecule has 0 radical (unpaired) electrons. The zero-order valence-corrected chi connectivity index (χ0v) is 17.6. The second-order valence-corrected chi connectivity index (χ2v) is 9.73. The lowest BCUT2D eigenvalue weighted by atomic mass is 10.1. The van der Waals surface area contributed by atoms with E-state index in [1.807, 2.05) is 4.57 Å². The van der Waals surface area contributed by atoms with Crippen LogP contribution >= 0.6 is 11.3 Å². The van der Waals surface area contributed by atoms with Crippen LogP contribution in [0.15, 0.2) is 58.6 Å². The second-order valence-electron chi connectivity index (χ2n) is 6.87. The number of sulfonamides is 1. The summed E-state index contributed by atoms with van der Waals surface area (Å²) in [6.45, 7) is 4.30. The Bertz CT molecular complexity index is 1230. The van der Waals surface area contributed by atoms with Gasteiger partial charge in [0.15, 0.2) is 0 Å². The number of benzene rings is 1. The molecule has 156 valence electrons. The van der Waals surface area contributed by atoms with Crippen LogP contribution in [-0.4, -0.2) is 37.9 Å². The van der Waals surface area contributed by atoms with Crippen molar-refractivity contribution in [1.29, 1.82) is 0 Å². The molecule has 1 atom stereocenters. The molecule has 0 aliphatic carbocycles. The molecule has 0 fully saturated rings. The van der Waals surface area contributed by atoms with E-state index in [1.165, 1.54) is 6.07 Å². The van der Waals surface area contributed by atoms with Gasteiger partial charge in [0.25, 0.3) is 15.9 Å². The van der Waals surface area contributed by atoms with Crippen molar-refractivity contribution in [2.24, 2.45) is 0 Å². The maximum absolute atomic E-state index is 12.5. The highest BCUT2D eigenvalue weighted by Crippen LogP contribution is 2.31. The van der Waals surface area contributed by atoms with E-state index in [0.29, 0.717) is 29.9 Å². The molecule has 3 aromatic rings. The lowest BCUT2D eigenvalue weighted by molar-refractivity contribution is -0.121. The first kappa shape index (κ1) is 20.2. The summed E-state index contributed by atoms with van der Waals surface area (Å²) in [6.07, 6.45) is 1.81. The van der Waals surface area contributed by atoms with E-state index in [4.69, 9.17) is 0 Å². The fourth-order valence-electron chi connectivity index (χ4n) is 3.52. The summed E-state index contributed by atoms with van der Waals surface area (Å²) < 4.78 is 29.6. The van der Waals surface area contributed by atoms with Crippen molar-refractivity contribution >= 4 is 49.8 Å². The highest BCUT2D eigenvalue weighted by atomic mass is 32.2. The van der Waals surface area contributed by atoms with Crippen LogP contribution in [0.2, 0.25) is 0 Å². The molecule has 8 nitrogen and oxygen atoms in total. The topological polar surface area (TPSA) is 109 Å². The number of anilines is 1. The van der Waals surface area contributed by atoms with E-state index in [-0.39, 0.29) is 28.5 Å². The van der Waals surface area contributed by atoms with E-state index in [0.717, 1.165) is 16.9 Å². The fraction of sp³-hybridized carbons (Fsp3) is 0.200. The van der Waals surface area contributed by atoms with Gasteiger partial charge in [-0.05, 0) is 35.7 Å². The van der Waals surface area contributed by atoms with E-state index >= 15 is 0 Å². The molecule has 1 aliphatic rings. The number of hydrogen-bond donors (Lipinski definition) is 3. The van der Waals surface area contributed by atoms with Crippen LogP contribution in [0.1, 0.15) is 23.0 Å². The molecule has 3 heterocycles. The fourth-order valence-corrected chi connectivity index (χ4v) is 5.56. The predicted molar refractivity (Wildman–Crippen MR) is 116 cm³/mol. The van der Waals surface area contributed by atoms with Crippen molar-refractivity contribution in [3.8, 4) is 0 Å². The molecule has 1 aliphatic heterocycles. The monoisotopic (exact) mass is 444 g/mol. The third-order valence-corrected chi connectivity index (χ3v) is 7.59. The quantitative estimate of drug-likeness (QED) is 0.486. The van der Waals surface area contributed by atoms with Crippen molar-refractivity contribution < 1.29 is 18.0 Å². The molecule has 0 saturated heterocycles. The minimum Gasteiger partial charge on any atom is -0.353 e. The molecule has 1 unspecified atom stereocenters. The number of rotatable bonds is 7. The van der Waals surface area contributed by atoms with Crippen molar-refractivity contribution in [3.05, 3.63) is 60.1 Å². The second kappa shape index (κ2) is 7.96. The van der Waals surface area contributed by atoms with Crippen LogP contribution in [0.3, 0.4) is 0 Å². The Kier molecular flexibility index (Phi) is 5.35. The normalized spacial score (nSPS) is 16.0. The Hall–Kier alpha value is -3.11. The van der Waals surface area contributed by atoms with E-state index in [2.05, 4.69) is 21.9 Å². The Balaban J connectivity index is 1.66. The van der Waals surface area contributed by atoms with Crippen LogP contribution in [0.25, 0.3) is 10.9 Å². The average Bonchev–Trinajstić information content (AvgIpc) is 3.37. The molecule has 30 heavy (non-hydrogen) atoms. The number of carbonyl (C=O) groups excluding carboxylic acids is 2. The van der Waals surface area contributed by atoms with Gasteiger partial charge >= 0.3 is 0 Å².